The summed E-state index contributed by atoms with van der Waals surface area (Å²) in [6.07, 6.45) is 11.3. The number of allylic oxidation sites excluding steroid dienone is 7. The fraction of sp³-hybridized carbons (Fsp3) is 0.200. The molecule has 0 radical (unpaired) electrons. The molecule has 0 saturated heterocycles. The van der Waals surface area contributed by atoms with Gasteiger partial charge in [0, 0.05) is 29.9 Å². The first kappa shape index (κ1) is 19.6. The third-order valence-electron chi connectivity index (χ3n) is 6.72. The van der Waals surface area contributed by atoms with Crippen molar-refractivity contribution in [1.82, 2.24) is 0 Å². The molecule has 1 unspecified atom stereocenters. The maximum Gasteiger partial charge on any atom is 0.0494 e. The fourth-order valence-corrected chi connectivity index (χ4v) is 4.97. The summed E-state index contributed by atoms with van der Waals surface area (Å²) in [4.78, 5) is 2.38. The van der Waals surface area contributed by atoms with Crippen molar-refractivity contribution in [3.05, 3.63) is 108 Å². The summed E-state index contributed by atoms with van der Waals surface area (Å²) in [5.41, 5.74) is 9.13. The second kappa shape index (κ2) is 7.74. The normalized spacial score (nSPS) is 19.2. The molecule has 0 saturated carbocycles. The zero-order valence-electron chi connectivity index (χ0n) is 18.8. The van der Waals surface area contributed by atoms with E-state index in [-0.39, 0.29) is 0 Å². The van der Waals surface area contributed by atoms with Gasteiger partial charge in [-0.05, 0) is 64.1 Å². The highest BCUT2D eigenvalue weighted by Gasteiger charge is 2.24. The van der Waals surface area contributed by atoms with Crippen LogP contribution in [0.3, 0.4) is 0 Å². The van der Waals surface area contributed by atoms with Crippen LogP contribution in [0.15, 0.2) is 102 Å². The van der Waals surface area contributed by atoms with Crippen LogP contribution in [0.2, 0.25) is 0 Å². The molecule has 3 aromatic carbocycles. The van der Waals surface area contributed by atoms with Crippen LogP contribution in [0.5, 0.6) is 0 Å². The third kappa shape index (κ3) is 3.35. The van der Waals surface area contributed by atoms with Crippen LogP contribution in [0.25, 0.3) is 27.5 Å². The Bertz CT molecular complexity index is 1280. The average molecular weight is 404 g/mol. The Morgan fingerprint density at radius 2 is 1.52 bits per heavy atom. The molecule has 31 heavy (non-hydrogen) atoms. The lowest BCUT2D eigenvalue weighted by atomic mass is 9.84. The molecule has 0 amide bonds. The minimum absolute atomic E-state index is 0.438. The maximum absolute atomic E-state index is 2.40. The highest BCUT2D eigenvalue weighted by Crippen LogP contribution is 2.44. The van der Waals surface area contributed by atoms with E-state index in [2.05, 4.69) is 124 Å². The zero-order valence-corrected chi connectivity index (χ0v) is 18.8. The number of fused-ring (bicyclic) bond motifs is 4. The molecule has 0 fully saturated rings. The Balaban J connectivity index is 1.77. The quantitative estimate of drug-likeness (QED) is 0.419. The molecule has 154 valence electrons. The number of benzene rings is 3. The van der Waals surface area contributed by atoms with Crippen LogP contribution < -0.4 is 4.90 Å². The second-order valence-corrected chi connectivity index (χ2v) is 8.99. The third-order valence-corrected chi connectivity index (χ3v) is 6.72. The lowest BCUT2D eigenvalue weighted by Gasteiger charge is -2.26. The number of nitrogens with zero attached hydrogens (tertiary/aromatic N) is 1. The highest BCUT2D eigenvalue weighted by molar-refractivity contribution is 6.00. The van der Waals surface area contributed by atoms with Gasteiger partial charge < -0.3 is 4.90 Å². The van der Waals surface area contributed by atoms with Crippen molar-refractivity contribution in [2.45, 2.75) is 20.8 Å². The van der Waals surface area contributed by atoms with Gasteiger partial charge in [-0.1, -0.05) is 86.7 Å². The molecule has 1 heteroatoms. The number of hydrogen-bond acceptors (Lipinski definition) is 1. The van der Waals surface area contributed by atoms with Gasteiger partial charge in [0.2, 0.25) is 0 Å². The van der Waals surface area contributed by atoms with E-state index in [0.29, 0.717) is 11.8 Å². The zero-order chi connectivity index (χ0) is 21.5. The van der Waals surface area contributed by atoms with E-state index in [1.165, 1.54) is 50.0 Å². The number of anilines is 1. The summed E-state index contributed by atoms with van der Waals surface area (Å²) < 4.78 is 0. The standard InChI is InChI=1S/C30H29N/c1-20(2)25-14-8-7-13-24(25)19-29-21(3)26-15-9-10-16-27(26)28-17-22-11-5-6-12-23(22)18-30(28)31(29)4/h5-20,25H,1-4H3/b24-19-. The Morgan fingerprint density at radius 3 is 2.26 bits per heavy atom. The summed E-state index contributed by atoms with van der Waals surface area (Å²) in [5.74, 6) is 1.00. The van der Waals surface area contributed by atoms with Crippen molar-refractivity contribution in [3.63, 3.8) is 0 Å². The summed E-state index contributed by atoms with van der Waals surface area (Å²) in [6.45, 7) is 6.87. The van der Waals surface area contributed by atoms with E-state index < -0.39 is 0 Å². The summed E-state index contributed by atoms with van der Waals surface area (Å²) in [6, 6.07) is 22.2. The van der Waals surface area contributed by atoms with E-state index in [1.54, 1.807) is 0 Å². The van der Waals surface area contributed by atoms with Crippen LogP contribution in [-0.4, -0.2) is 7.05 Å². The van der Waals surface area contributed by atoms with Crippen molar-refractivity contribution >= 4 is 22.0 Å². The van der Waals surface area contributed by atoms with Gasteiger partial charge in [0.25, 0.3) is 0 Å². The highest BCUT2D eigenvalue weighted by atomic mass is 15.1. The predicted molar refractivity (Wildman–Crippen MR) is 135 cm³/mol. The van der Waals surface area contributed by atoms with Gasteiger partial charge in [0.05, 0.1) is 0 Å². The molecule has 0 aromatic heterocycles. The molecule has 1 aliphatic heterocycles. The first-order chi connectivity index (χ1) is 15.0. The van der Waals surface area contributed by atoms with Gasteiger partial charge in [-0.25, -0.2) is 0 Å². The second-order valence-electron chi connectivity index (χ2n) is 8.99. The number of hydrogen-bond donors (Lipinski definition) is 0. The minimum Gasteiger partial charge on any atom is -0.344 e. The van der Waals surface area contributed by atoms with E-state index in [0.717, 1.165) is 0 Å². The Labute approximate surface area is 185 Å². The molecule has 1 aliphatic carbocycles. The largest absolute Gasteiger partial charge is 0.344 e. The molecule has 1 heterocycles. The number of rotatable bonds is 2. The molecule has 2 aliphatic rings. The first-order valence-corrected chi connectivity index (χ1v) is 11.2. The Hall–Kier alpha value is -3.32. The molecule has 0 bridgehead atoms. The average Bonchev–Trinajstić information content (AvgIpc) is 2.88. The van der Waals surface area contributed by atoms with Crippen LogP contribution in [-0.2, 0) is 0 Å². The monoisotopic (exact) mass is 403 g/mol. The van der Waals surface area contributed by atoms with Crippen LogP contribution in [0.4, 0.5) is 5.69 Å². The smallest absolute Gasteiger partial charge is 0.0494 e. The topological polar surface area (TPSA) is 3.24 Å². The van der Waals surface area contributed by atoms with Crippen LogP contribution in [0.1, 0.15) is 26.3 Å². The molecule has 1 atom stereocenters. The van der Waals surface area contributed by atoms with Gasteiger partial charge in [0.1, 0.15) is 0 Å². The summed E-state index contributed by atoms with van der Waals surface area (Å²) in [7, 11) is 2.21. The van der Waals surface area contributed by atoms with Gasteiger partial charge in [-0.2, -0.15) is 0 Å². The van der Waals surface area contributed by atoms with Gasteiger partial charge in [-0.3, -0.25) is 0 Å². The lowest BCUT2D eigenvalue weighted by molar-refractivity contribution is 0.532. The van der Waals surface area contributed by atoms with Gasteiger partial charge in [0.15, 0.2) is 0 Å². The minimum atomic E-state index is 0.438. The lowest BCUT2D eigenvalue weighted by Crippen LogP contribution is -2.18. The van der Waals surface area contributed by atoms with Crippen molar-refractivity contribution < 1.29 is 0 Å². The van der Waals surface area contributed by atoms with Gasteiger partial charge >= 0.3 is 0 Å². The molecular formula is C30H29N. The van der Waals surface area contributed by atoms with Crippen molar-refractivity contribution in [1.29, 1.82) is 0 Å². The molecule has 5 rings (SSSR count). The molecule has 1 nitrogen and oxygen atoms in total. The van der Waals surface area contributed by atoms with E-state index >= 15 is 0 Å². The van der Waals surface area contributed by atoms with E-state index in [1.807, 2.05) is 0 Å². The molecule has 0 N–H and O–H groups in total. The van der Waals surface area contributed by atoms with Crippen molar-refractivity contribution in [3.8, 4) is 11.1 Å². The molecular weight excluding hydrogens is 374 g/mol. The van der Waals surface area contributed by atoms with Crippen molar-refractivity contribution in [2.75, 3.05) is 11.9 Å². The predicted octanol–water partition coefficient (Wildman–Crippen LogP) is 8.01. The summed E-state index contributed by atoms with van der Waals surface area (Å²) >= 11 is 0. The Kier molecular flexibility index (Phi) is 4.90. The molecule has 3 aromatic rings. The van der Waals surface area contributed by atoms with Crippen LogP contribution >= 0.6 is 0 Å². The molecule has 0 spiro atoms. The number of likely N-dealkylation sites (N-methyl/N-ethyl adjacent to an activating group) is 1. The van der Waals surface area contributed by atoms with Crippen molar-refractivity contribution in [2.24, 2.45) is 11.8 Å². The fourth-order valence-electron chi connectivity index (χ4n) is 4.97. The van der Waals surface area contributed by atoms with E-state index in [4.69, 9.17) is 0 Å². The summed E-state index contributed by atoms with van der Waals surface area (Å²) in [5, 5.41) is 2.56. The maximum atomic E-state index is 2.40. The van der Waals surface area contributed by atoms with Crippen LogP contribution in [0, 0.1) is 11.8 Å². The van der Waals surface area contributed by atoms with Gasteiger partial charge in [-0.15, -0.1) is 0 Å². The Morgan fingerprint density at radius 1 is 0.839 bits per heavy atom. The van der Waals surface area contributed by atoms with E-state index in [9.17, 15) is 0 Å². The SMILES string of the molecule is CC1=C(/C=C2/C=CC=CC2C(C)C)N(C)c2cc3ccccc3cc2-c2ccccc21. The first-order valence-electron chi connectivity index (χ1n) is 11.2.